The molecule has 0 amide bonds. The van der Waals surface area contributed by atoms with E-state index in [2.05, 4.69) is 63.8 Å². The normalized spacial score (nSPS) is 29.2. The Kier molecular flexibility index (Phi) is 4.34. The second-order valence-electron chi connectivity index (χ2n) is 9.03. The summed E-state index contributed by atoms with van der Waals surface area (Å²) in [4.78, 5) is 2.87. The smallest absolute Gasteiger partial charge is 0.132 e. The second-order valence-corrected chi connectivity index (χ2v) is 9.03. The average Bonchev–Trinajstić information content (AvgIpc) is 3.34. The lowest BCUT2D eigenvalue weighted by Gasteiger charge is -2.40. The third kappa shape index (κ3) is 3.02. The Bertz CT molecular complexity index is 778. The summed E-state index contributed by atoms with van der Waals surface area (Å²) in [6.07, 6.45) is 10.4. The third-order valence-corrected chi connectivity index (χ3v) is 7.57. The number of hydrogen-bond acceptors (Lipinski definition) is 3. The molecule has 2 atom stereocenters. The fourth-order valence-electron chi connectivity index (χ4n) is 5.92. The Morgan fingerprint density at radius 1 is 1.00 bits per heavy atom. The van der Waals surface area contributed by atoms with Gasteiger partial charge in [-0.2, -0.15) is 0 Å². The molecule has 1 aliphatic carbocycles. The number of hydrogen-bond donors (Lipinski definition) is 0. The topological polar surface area (TPSA) is 34.0 Å². The lowest BCUT2D eigenvalue weighted by Crippen LogP contribution is -2.44. The second kappa shape index (κ2) is 6.73. The predicted octanol–water partition coefficient (Wildman–Crippen LogP) is 4.44. The molecule has 5 rings (SSSR count). The van der Waals surface area contributed by atoms with Crippen LogP contribution in [0.5, 0.6) is 0 Å². The van der Waals surface area contributed by atoms with Gasteiger partial charge in [0.05, 0.1) is 0 Å². The largest absolute Gasteiger partial charge is 0.312 e. The number of aromatic nitrogens is 3. The summed E-state index contributed by atoms with van der Waals surface area (Å²) >= 11 is 0. The van der Waals surface area contributed by atoms with Crippen molar-refractivity contribution in [2.45, 2.75) is 88.8 Å². The SMILES string of the molecule is CCc1nnc(C)n1C1CC2CCC(C1)N2CCC1(c2ccccc2)CC1. The number of fused-ring (bicyclic) bond motifs is 2. The molecule has 3 fully saturated rings. The number of rotatable bonds is 6. The van der Waals surface area contributed by atoms with Gasteiger partial charge in [0.15, 0.2) is 0 Å². The van der Waals surface area contributed by atoms with Crippen molar-refractivity contribution in [3.8, 4) is 0 Å². The molecule has 0 radical (unpaired) electrons. The highest BCUT2D eigenvalue weighted by Crippen LogP contribution is 2.52. The van der Waals surface area contributed by atoms with Crippen molar-refractivity contribution in [1.29, 1.82) is 0 Å². The van der Waals surface area contributed by atoms with Crippen molar-refractivity contribution in [2.75, 3.05) is 6.54 Å². The number of nitrogens with zero attached hydrogens (tertiary/aromatic N) is 4. The van der Waals surface area contributed by atoms with Gasteiger partial charge in [-0.05, 0) is 69.4 Å². The highest BCUT2D eigenvalue weighted by Gasteiger charge is 2.47. The molecule has 2 saturated heterocycles. The van der Waals surface area contributed by atoms with Gasteiger partial charge in [-0.25, -0.2) is 0 Å². The van der Waals surface area contributed by atoms with Gasteiger partial charge in [0, 0.05) is 24.5 Å². The monoisotopic (exact) mass is 364 g/mol. The van der Waals surface area contributed by atoms with Crippen LogP contribution in [-0.2, 0) is 11.8 Å². The van der Waals surface area contributed by atoms with Crippen LogP contribution in [0.25, 0.3) is 0 Å². The molecule has 3 heterocycles. The van der Waals surface area contributed by atoms with Crippen LogP contribution in [0.1, 0.15) is 75.1 Å². The van der Waals surface area contributed by atoms with E-state index in [-0.39, 0.29) is 0 Å². The van der Waals surface area contributed by atoms with Crippen molar-refractivity contribution in [3.63, 3.8) is 0 Å². The van der Waals surface area contributed by atoms with Crippen LogP contribution in [-0.4, -0.2) is 38.3 Å². The minimum Gasteiger partial charge on any atom is -0.312 e. The van der Waals surface area contributed by atoms with Gasteiger partial charge in [-0.3, -0.25) is 4.90 Å². The molecule has 0 N–H and O–H groups in total. The maximum absolute atomic E-state index is 4.41. The Hall–Kier alpha value is -1.68. The Morgan fingerprint density at radius 3 is 2.33 bits per heavy atom. The van der Waals surface area contributed by atoms with Gasteiger partial charge in [0.1, 0.15) is 11.6 Å². The van der Waals surface area contributed by atoms with Crippen molar-refractivity contribution in [1.82, 2.24) is 19.7 Å². The highest BCUT2D eigenvalue weighted by atomic mass is 15.3. The highest BCUT2D eigenvalue weighted by molar-refractivity contribution is 5.31. The van der Waals surface area contributed by atoms with Gasteiger partial charge in [0.25, 0.3) is 0 Å². The van der Waals surface area contributed by atoms with Crippen molar-refractivity contribution < 1.29 is 0 Å². The molecule has 1 aromatic carbocycles. The van der Waals surface area contributed by atoms with Gasteiger partial charge < -0.3 is 4.57 Å². The van der Waals surface area contributed by atoms with Crippen molar-refractivity contribution in [2.24, 2.45) is 0 Å². The van der Waals surface area contributed by atoms with Crippen molar-refractivity contribution in [3.05, 3.63) is 47.5 Å². The quantitative estimate of drug-likeness (QED) is 0.760. The van der Waals surface area contributed by atoms with E-state index in [0.29, 0.717) is 11.5 Å². The van der Waals surface area contributed by atoms with Crippen LogP contribution in [0, 0.1) is 6.92 Å². The molecule has 2 aromatic rings. The first kappa shape index (κ1) is 17.4. The molecule has 0 spiro atoms. The van der Waals surface area contributed by atoms with Gasteiger partial charge in [-0.15, -0.1) is 10.2 Å². The zero-order valence-electron chi connectivity index (χ0n) is 16.8. The van der Waals surface area contributed by atoms with Gasteiger partial charge in [-0.1, -0.05) is 37.3 Å². The predicted molar refractivity (Wildman–Crippen MR) is 108 cm³/mol. The Balaban J connectivity index is 1.27. The fraction of sp³-hybridized carbons (Fsp3) is 0.652. The molecule has 2 bridgehead atoms. The van der Waals surface area contributed by atoms with Gasteiger partial charge in [0.2, 0.25) is 0 Å². The van der Waals surface area contributed by atoms with Crippen LogP contribution in [0.15, 0.2) is 30.3 Å². The molecule has 4 nitrogen and oxygen atoms in total. The lowest BCUT2D eigenvalue weighted by atomic mass is 9.90. The number of benzene rings is 1. The molecule has 3 aliphatic rings. The molecule has 2 aliphatic heterocycles. The molecular formula is C23H32N4. The van der Waals surface area contributed by atoms with E-state index < -0.39 is 0 Å². The summed E-state index contributed by atoms with van der Waals surface area (Å²) in [5, 5.41) is 8.77. The first-order valence-corrected chi connectivity index (χ1v) is 10.9. The average molecular weight is 365 g/mol. The minimum absolute atomic E-state index is 0.484. The first-order chi connectivity index (χ1) is 13.2. The lowest BCUT2D eigenvalue weighted by molar-refractivity contribution is 0.100. The molecule has 1 aromatic heterocycles. The maximum Gasteiger partial charge on any atom is 0.132 e. The van der Waals surface area contributed by atoms with Crippen LogP contribution in [0.3, 0.4) is 0 Å². The number of piperidine rings is 1. The molecule has 2 unspecified atom stereocenters. The first-order valence-electron chi connectivity index (χ1n) is 10.9. The zero-order chi connectivity index (χ0) is 18.4. The Labute approximate surface area is 163 Å². The summed E-state index contributed by atoms with van der Waals surface area (Å²) in [5.41, 5.74) is 2.05. The summed E-state index contributed by atoms with van der Waals surface area (Å²) in [5.74, 6) is 2.28. The fourth-order valence-corrected chi connectivity index (χ4v) is 5.92. The van der Waals surface area contributed by atoms with Crippen LogP contribution in [0.4, 0.5) is 0 Å². The van der Waals surface area contributed by atoms with E-state index in [0.717, 1.165) is 24.3 Å². The van der Waals surface area contributed by atoms with E-state index in [4.69, 9.17) is 0 Å². The van der Waals surface area contributed by atoms with Gasteiger partial charge >= 0.3 is 0 Å². The van der Waals surface area contributed by atoms with Crippen LogP contribution in [0.2, 0.25) is 0 Å². The van der Waals surface area contributed by atoms with E-state index in [1.54, 1.807) is 5.56 Å². The van der Waals surface area contributed by atoms with Crippen LogP contribution >= 0.6 is 0 Å². The number of aryl methyl sites for hydroxylation is 2. The summed E-state index contributed by atoms with van der Waals surface area (Å²) in [7, 11) is 0. The molecule has 27 heavy (non-hydrogen) atoms. The molecule has 1 saturated carbocycles. The van der Waals surface area contributed by atoms with Crippen molar-refractivity contribution >= 4 is 0 Å². The molecule has 144 valence electrons. The summed E-state index contributed by atoms with van der Waals surface area (Å²) in [6, 6.07) is 13.4. The Morgan fingerprint density at radius 2 is 1.70 bits per heavy atom. The summed E-state index contributed by atoms with van der Waals surface area (Å²) < 4.78 is 2.45. The zero-order valence-corrected chi connectivity index (χ0v) is 16.8. The standard InChI is InChI=1S/C23H32N4/c1-3-22-25-24-17(2)27(22)21-15-19-9-10-20(16-21)26(19)14-13-23(11-12-23)18-7-5-4-6-8-18/h4-8,19-21H,3,9-16H2,1-2H3. The van der Waals surface area contributed by atoms with E-state index >= 15 is 0 Å². The minimum atomic E-state index is 0.484. The maximum atomic E-state index is 4.41. The van der Waals surface area contributed by atoms with E-state index in [9.17, 15) is 0 Å². The van der Waals surface area contributed by atoms with E-state index in [1.165, 1.54) is 57.3 Å². The third-order valence-electron chi connectivity index (χ3n) is 7.57. The van der Waals surface area contributed by atoms with Crippen LogP contribution < -0.4 is 0 Å². The molecule has 4 heteroatoms. The molecular weight excluding hydrogens is 332 g/mol. The summed E-state index contributed by atoms with van der Waals surface area (Å²) in [6.45, 7) is 5.60. The van der Waals surface area contributed by atoms with E-state index in [1.807, 2.05) is 0 Å².